The van der Waals surface area contributed by atoms with E-state index in [0.717, 1.165) is 18.4 Å². The maximum absolute atomic E-state index is 13.0. The molecule has 0 saturated carbocycles. The van der Waals surface area contributed by atoms with Gasteiger partial charge < -0.3 is 4.90 Å². The predicted octanol–water partition coefficient (Wildman–Crippen LogP) is 2.17. The van der Waals surface area contributed by atoms with Crippen LogP contribution in [0, 0.1) is 24.0 Å². The van der Waals surface area contributed by atoms with Crippen LogP contribution in [0.5, 0.6) is 0 Å². The van der Waals surface area contributed by atoms with E-state index < -0.39 is 14.9 Å². The third-order valence-electron chi connectivity index (χ3n) is 5.98. The van der Waals surface area contributed by atoms with Crippen LogP contribution in [-0.4, -0.2) is 53.0 Å². The maximum atomic E-state index is 13.0. The second-order valence-electron chi connectivity index (χ2n) is 7.98. The molecule has 0 N–H and O–H groups in total. The van der Waals surface area contributed by atoms with E-state index in [1.165, 1.54) is 8.99 Å². The smallest absolute Gasteiger partial charge is 0.311 e. The number of sulfonamides is 1. The average Bonchev–Trinajstić information content (AvgIpc) is 3.36. The Morgan fingerprint density at radius 1 is 1.16 bits per heavy atom. The summed E-state index contributed by atoms with van der Waals surface area (Å²) >= 11 is 0. The van der Waals surface area contributed by atoms with Gasteiger partial charge in [0.15, 0.2) is 0 Å². The number of nitro groups is 1. The van der Waals surface area contributed by atoms with Crippen LogP contribution in [0.1, 0.15) is 36.2 Å². The summed E-state index contributed by atoms with van der Waals surface area (Å²) < 4.78 is 28.6. The van der Waals surface area contributed by atoms with Crippen molar-refractivity contribution in [3.8, 4) is 0 Å². The van der Waals surface area contributed by atoms with Crippen molar-refractivity contribution in [3.63, 3.8) is 0 Å². The van der Waals surface area contributed by atoms with E-state index in [0.29, 0.717) is 43.9 Å². The highest BCUT2D eigenvalue weighted by Gasteiger charge is 2.30. The fourth-order valence-corrected chi connectivity index (χ4v) is 5.96. The monoisotopic (exact) mass is 447 g/mol. The number of amides is 1. The number of aromatic nitrogens is 2. The van der Waals surface area contributed by atoms with Gasteiger partial charge in [-0.1, -0.05) is 0 Å². The highest BCUT2D eigenvalue weighted by atomic mass is 32.2. The first-order valence-corrected chi connectivity index (χ1v) is 11.8. The Morgan fingerprint density at radius 2 is 1.87 bits per heavy atom. The molecule has 1 amide bonds. The predicted molar refractivity (Wildman–Crippen MR) is 113 cm³/mol. The molecule has 0 bridgehead atoms. The second kappa shape index (κ2) is 8.04. The van der Waals surface area contributed by atoms with Crippen LogP contribution in [0.2, 0.25) is 0 Å². The van der Waals surface area contributed by atoms with Gasteiger partial charge in [0.05, 0.1) is 9.82 Å². The molecule has 0 radical (unpaired) electrons. The van der Waals surface area contributed by atoms with Gasteiger partial charge in [0.1, 0.15) is 17.9 Å². The molecule has 1 aromatic carbocycles. The van der Waals surface area contributed by atoms with Crippen molar-refractivity contribution in [1.82, 2.24) is 14.1 Å². The fourth-order valence-electron chi connectivity index (χ4n) is 4.39. The molecule has 3 heterocycles. The highest BCUT2D eigenvalue weighted by Crippen LogP contribution is 2.32. The molecular formula is C20H25N5O5S. The van der Waals surface area contributed by atoms with E-state index in [9.17, 15) is 23.3 Å². The van der Waals surface area contributed by atoms with Gasteiger partial charge >= 0.3 is 5.69 Å². The third-order valence-corrected chi connectivity index (χ3v) is 7.88. The maximum Gasteiger partial charge on any atom is 0.312 e. The third kappa shape index (κ3) is 3.83. The van der Waals surface area contributed by atoms with Gasteiger partial charge in [-0.3, -0.25) is 19.6 Å². The summed E-state index contributed by atoms with van der Waals surface area (Å²) in [6.45, 7) is 4.59. The van der Waals surface area contributed by atoms with E-state index in [4.69, 9.17) is 0 Å². The van der Waals surface area contributed by atoms with Gasteiger partial charge in [0, 0.05) is 25.3 Å². The summed E-state index contributed by atoms with van der Waals surface area (Å²) in [6.07, 6.45) is 3.14. The molecular weight excluding hydrogens is 422 g/mol. The Labute approximate surface area is 180 Å². The molecule has 31 heavy (non-hydrogen) atoms. The largest absolute Gasteiger partial charge is 0.312 e. The number of aryl methyl sites for hydroxylation is 2. The van der Waals surface area contributed by atoms with Crippen molar-refractivity contribution in [2.75, 3.05) is 24.5 Å². The average molecular weight is 448 g/mol. The standard InChI is InChI=1S/C20H25N5O5S/c1-14-20(25(27)28)15(2)24(21-14)13-19(26)23-11-5-6-16-12-17(7-8-18(16)23)31(29,30)22-9-3-4-10-22/h7-8,12H,3-6,9-11,13H2,1-2H3. The van der Waals surface area contributed by atoms with Gasteiger partial charge in [-0.25, -0.2) is 8.42 Å². The molecule has 0 spiro atoms. The molecule has 1 saturated heterocycles. The summed E-state index contributed by atoms with van der Waals surface area (Å²) in [4.78, 5) is 25.6. The number of carbonyl (C=O) groups is 1. The molecule has 4 rings (SSSR count). The molecule has 166 valence electrons. The van der Waals surface area contributed by atoms with Crippen LogP contribution < -0.4 is 4.90 Å². The van der Waals surface area contributed by atoms with E-state index in [1.807, 2.05) is 0 Å². The molecule has 2 aliphatic heterocycles. The molecule has 11 heteroatoms. The topological polar surface area (TPSA) is 119 Å². The molecule has 10 nitrogen and oxygen atoms in total. The number of carbonyl (C=O) groups excluding carboxylic acids is 1. The molecule has 0 atom stereocenters. The van der Waals surface area contributed by atoms with Crippen molar-refractivity contribution in [2.45, 2.75) is 51.0 Å². The molecule has 2 aromatic rings. The van der Waals surface area contributed by atoms with Crippen LogP contribution >= 0.6 is 0 Å². The Bertz CT molecular complexity index is 1150. The summed E-state index contributed by atoms with van der Waals surface area (Å²) in [5.74, 6) is -0.239. The molecule has 1 aromatic heterocycles. The lowest BCUT2D eigenvalue weighted by molar-refractivity contribution is -0.386. The number of nitrogens with zero attached hydrogens (tertiary/aromatic N) is 5. The minimum absolute atomic E-state index is 0.0800. The summed E-state index contributed by atoms with van der Waals surface area (Å²) in [7, 11) is -3.52. The van der Waals surface area contributed by atoms with Crippen LogP contribution in [0.4, 0.5) is 11.4 Å². The van der Waals surface area contributed by atoms with Gasteiger partial charge in [-0.15, -0.1) is 0 Å². The van der Waals surface area contributed by atoms with E-state index in [2.05, 4.69) is 5.10 Å². The summed E-state index contributed by atoms with van der Waals surface area (Å²) in [6, 6.07) is 4.93. The van der Waals surface area contributed by atoms with Crippen molar-refractivity contribution in [2.24, 2.45) is 0 Å². The lowest BCUT2D eigenvalue weighted by Crippen LogP contribution is -2.38. The van der Waals surface area contributed by atoms with Crippen molar-refractivity contribution in [1.29, 1.82) is 0 Å². The van der Waals surface area contributed by atoms with Crippen LogP contribution in [0.3, 0.4) is 0 Å². The molecule has 1 fully saturated rings. The van der Waals surface area contributed by atoms with Crippen LogP contribution in [0.25, 0.3) is 0 Å². The molecule has 0 aliphatic carbocycles. The second-order valence-corrected chi connectivity index (χ2v) is 9.92. The summed E-state index contributed by atoms with van der Waals surface area (Å²) in [5, 5.41) is 15.4. The summed E-state index contributed by atoms with van der Waals surface area (Å²) in [5.41, 5.74) is 2.03. The first kappa shape index (κ1) is 21.4. The Kier molecular flexibility index (Phi) is 5.56. The van der Waals surface area contributed by atoms with Crippen molar-refractivity contribution in [3.05, 3.63) is 45.3 Å². The quantitative estimate of drug-likeness (QED) is 0.512. The Balaban J connectivity index is 1.59. The number of hydrogen-bond acceptors (Lipinski definition) is 6. The van der Waals surface area contributed by atoms with Crippen molar-refractivity contribution < 1.29 is 18.1 Å². The van der Waals surface area contributed by atoms with Gasteiger partial charge in [0.25, 0.3) is 0 Å². The lowest BCUT2D eigenvalue weighted by Gasteiger charge is -2.30. The highest BCUT2D eigenvalue weighted by molar-refractivity contribution is 7.89. The van der Waals surface area contributed by atoms with Crippen molar-refractivity contribution >= 4 is 27.3 Å². The molecule has 0 unspecified atom stereocenters. The zero-order valence-corrected chi connectivity index (χ0v) is 18.4. The first-order valence-electron chi connectivity index (χ1n) is 10.3. The first-order chi connectivity index (χ1) is 14.7. The van der Waals surface area contributed by atoms with E-state index >= 15 is 0 Å². The van der Waals surface area contributed by atoms with Gasteiger partial charge in [-0.2, -0.15) is 9.40 Å². The Hall–Kier alpha value is -2.79. The van der Waals surface area contributed by atoms with Gasteiger partial charge in [-0.05, 0) is 63.3 Å². The minimum atomic E-state index is -3.52. The van der Waals surface area contributed by atoms with Gasteiger partial charge in [0.2, 0.25) is 15.9 Å². The normalized spacial score (nSPS) is 17.0. The SMILES string of the molecule is Cc1nn(CC(=O)N2CCCc3cc(S(=O)(=O)N4CCCC4)ccc32)c(C)c1[N+](=O)[O-]. The number of hydrogen-bond donors (Lipinski definition) is 0. The zero-order chi connectivity index (χ0) is 22.3. The molecule has 2 aliphatic rings. The van der Waals surface area contributed by atoms with Crippen LogP contribution in [0.15, 0.2) is 23.1 Å². The lowest BCUT2D eigenvalue weighted by atomic mass is 10.0. The number of anilines is 1. The number of benzene rings is 1. The number of fused-ring (bicyclic) bond motifs is 1. The minimum Gasteiger partial charge on any atom is -0.311 e. The Morgan fingerprint density at radius 3 is 2.52 bits per heavy atom. The number of rotatable bonds is 5. The zero-order valence-electron chi connectivity index (χ0n) is 17.6. The van der Waals surface area contributed by atoms with E-state index in [-0.39, 0.29) is 28.7 Å². The fraction of sp³-hybridized carbons (Fsp3) is 0.500. The van der Waals surface area contributed by atoms with E-state index in [1.54, 1.807) is 36.9 Å². The van der Waals surface area contributed by atoms with Crippen LogP contribution in [-0.2, 0) is 27.8 Å².